The summed E-state index contributed by atoms with van der Waals surface area (Å²) in [5, 5.41) is 12.2. The zero-order valence-corrected chi connectivity index (χ0v) is 13.5. The lowest BCUT2D eigenvalue weighted by Crippen LogP contribution is -2.14. The van der Waals surface area contributed by atoms with E-state index in [1.807, 2.05) is 11.6 Å². The number of nitrogens with zero attached hydrogens (tertiary/aromatic N) is 3. The molecule has 0 radical (unpaired) electrons. The minimum Gasteiger partial charge on any atom is -0.313 e. The smallest absolute Gasteiger partial charge is 0.195 e. The Labute approximate surface area is 126 Å². The summed E-state index contributed by atoms with van der Waals surface area (Å²) in [6.07, 6.45) is 2.86. The second-order valence-electron chi connectivity index (χ2n) is 4.26. The van der Waals surface area contributed by atoms with Crippen LogP contribution in [0.2, 0.25) is 0 Å². The highest BCUT2D eigenvalue weighted by molar-refractivity contribution is 9.10. The quantitative estimate of drug-likeness (QED) is 0.820. The van der Waals surface area contributed by atoms with Crippen molar-refractivity contribution in [1.82, 2.24) is 20.1 Å². The molecular weight excluding hydrogens is 324 g/mol. The fourth-order valence-electron chi connectivity index (χ4n) is 1.61. The standard InChI is InChI=1S/C13H17BrN4S/c1-3-6-15-8-10-4-5-11(7-12(10)14)19-13-17-16-9-18(13)2/h4-5,7,9,15H,3,6,8H2,1-2H3. The molecule has 0 saturated carbocycles. The largest absolute Gasteiger partial charge is 0.313 e. The van der Waals surface area contributed by atoms with Gasteiger partial charge < -0.3 is 9.88 Å². The van der Waals surface area contributed by atoms with Crippen molar-refractivity contribution in [3.63, 3.8) is 0 Å². The molecule has 0 aliphatic carbocycles. The minimum absolute atomic E-state index is 0.892. The first-order chi connectivity index (χ1) is 9.20. The van der Waals surface area contributed by atoms with Crippen LogP contribution in [0.4, 0.5) is 0 Å². The zero-order chi connectivity index (χ0) is 13.7. The summed E-state index contributed by atoms with van der Waals surface area (Å²) < 4.78 is 3.04. The van der Waals surface area contributed by atoms with Gasteiger partial charge in [-0.1, -0.05) is 28.9 Å². The number of aryl methyl sites for hydroxylation is 1. The highest BCUT2D eigenvalue weighted by atomic mass is 79.9. The fourth-order valence-corrected chi connectivity index (χ4v) is 3.08. The minimum atomic E-state index is 0.892. The SMILES string of the molecule is CCCNCc1ccc(Sc2nncn2C)cc1Br. The first-order valence-electron chi connectivity index (χ1n) is 6.21. The molecular formula is C13H17BrN4S. The third-order valence-corrected chi connectivity index (χ3v) is 4.43. The molecule has 2 aromatic rings. The predicted octanol–water partition coefficient (Wildman–Crippen LogP) is 3.23. The fraction of sp³-hybridized carbons (Fsp3) is 0.385. The van der Waals surface area contributed by atoms with Crippen LogP contribution in [-0.4, -0.2) is 21.3 Å². The molecule has 0 spiro atoms. The van der Waals surface area contributed by atoms with Crippen molar-refractivity contribution in [2.75, 3.05) is 6.54 Å². The van der Waals surface area contributed by atoms with Gasteiger partial charge >= 0.3 is 0 Å². The molecule has 0 atom stereocenters. The van der Waals surface area contributed by atoms with E-state index in [1.165, 1.54) is 5.56 Å². The van der Waals surface area contributed by atoms with Gasteiger partial charge in [0.2, 0.25) is 0 Å². The topological polar surface area (TPSA) is 42.7 Å². The van der Waals surface area contributed by atoms with Crippen LogP contribution in [0.1, 0.15) is 18.9 Å². The first kappa shape index (κ1) is 14.6. The van der Waals surface area contributed by atoms with Crippen molar-refractivity contribution >= 4 is 27.7 Å². The molecule has 0 amide bonds. The molecule has 0 fully saturated rings. The Morgan fingerprint density at radius 3 is 2.89 bits per heavy atom. The van der Waals surface area contributed by atoms with Gasteiger partial charge in [0.25, 0.3) is 0 Å². The van der Waals surface area contributed by atoms with Crippen LogP contribution >= 0.6 is 27.7 Å². The number of halogens is 1. The van der Waals surface area contributed by atoms with Gasteiger partial charge in [-0.2, -0.15) is 0 Å². The normalized spacial score (nSPS) is 10.9. The monoisotopic (exact) mass is 340 g/mol. The molecule has 0 bridgehead atoms. The van der Waals surface area contributed by atoms with E-state index >= 15 is 0 Å². The van der Waals surface area contributed by atoms with Crippen LogP contribution in [0, 0.1) is 0 Å². The Morgan fingerprint density at radius 2 is 2.26 bits per heavy atom. The van der Waals surface area contributed by atoms with E-state index in [1.54, 1.807) is 18.1 Å². The molecule has 1 heterocycles. The lowest BCUT2D eigenvalue weighted by Gasteiger charge is -2.08. The summed E-state index contributed by atoms with van der Waals surface area (Å²) in [7, 11) is 1.94. The van der Waals surface area contributed by atoms with Crippen molar-refractivity contribution in [1.29, 1.82) is 0 Å². The molecule has 1 aromatic heterocycles. The maximum Gasteiger partial charge on any atom is 0.195 e. The third kappa shape index (κ3) is 4.06. The third-order valence-electron chi connectivity index (χ3n) is 2.65. The molecule has 0 aliphatic heterocycles. The van der Waals surface area contributed by atoms with E-state index in [9.17, 15) is 0 Å². The van der Waals surface area contributed by atoms with E-state index in [4.69, 9.17) is 0 Å². The summed E-state index contributed by atoms with van der Waals surface area (Å²) in [4.78, 5) is 1.15. The highest BCUT2D eigenvalue weighted by Gasteiger charge is 2.06. The van der Waals surface area contributed by atoms with Gasteiger partial charge in [0.15, 0.2) is 5.16 Å². The average Bonchev–Trinajstić information content (AvgIpc) is 2.78. The maximum absolute atomic E-state index is 4.07. The van der Waals surface area contributed by atoms with Crippen molar-refractivity contribution in [2.45, 2.75) is 29.9 Å². The van der Waals surface area contributed by atoms with Crippen molar-refractivity contribution in [3.8, 4) is 0 Å². The summed E-state index contributed by atoms with van der Waals surface area (Å²) in [5.41, 5.74) is 1.27. The number of nitrogens with one attached hydrogen (secondary N) is 1. The summed E-state index contributed by atoms with van der Waals surface area (Å²) in [5.74, 6) is 0. The van der Waals surface area contributed by atoms with E-state index < -0.39 is 0 Å². The van der Waals surface area contributed by atoms with Gasteiger partial charge in [-0.3, -0.25) is 0 Å². The van der Waals surface area contributed by atoms with Crippen LogP contribution in [0.25, 0.3) is 0 Å². The summed E-state index contributed by atoms with van der Waals surface area (Å²) in [6, 6.07) is 6.39. The summed E-state index contributed by atoms with van der Waals surface area (Å²) >= 11 is 5.24. The number of aromatic nitrogens is 3. The Hall–Kier alpha value is -0.850. The molecule has 19 heavy (non-hydrogen) atoms. The van der Waals surface area contributed by atoms with Gasteiger partial charge in [0, 0.05) is 23.0 Å². The second-order valence-corrected chi connectivity index (χ2v) is 6.15. The van der Waals surface area contributed by atoms with Crippen LogP contribution in [0.3, 0.4) is 0 Å². The van der Waals surface area contributed by atoms with Gasteiger partial charge in [0.05, 0.1) is 0 Å². The van der Waals surface area contributed by atoms with Crippen molar-refractivity contribution < 1.29 is 0 Å². The van der Waals surface area contributed by atoms with Gasteiger partial charge in [-0.05, 0) is 42.4 Å². The number of benzene rings is 1. The molecule has 1 N–H and O–H groups in total. The molecule has 0 unspecified atom stereocenters. The number of hydrogen-bond donors (Lipinski definition) is 1. The predicted molar refractivity (Wildman–Crippen MR) is 81.3 cm³/mol. The lowest BCUT2D eigenvalue weighted by atomic mass is 10.2. The van der Waals surface area contributed by atoms with Crippen molar-refractivity contribution in [3.05, 3.63) is 34.6 Å². The van der Waals surface area contributed by atoms with Gasteiger partial charge in [0.1, 0.15) is 6.33 Å². The van der Waals surface area contributed by atoms with Crippen LogP contribution < -0.4 is 5.32 Å². The van der Waals surface area contributed by atoms with E-state index in [0.717, 1.165) is 34.0 Å². The molecule has 6 heteroatoms. The van der Waals surface area contributed by atoms with E-state index in [-0.39, 0.29) is 0 Å². The van der Waals surface area contributed by atoms with E-state index in [0.29, 0.717) is 0 Å². The second kappa shape index (κ2) is 7.07. The lowest BCUT2D eigenvalue weighted by molar-refractivity contribution is 0.673. The Balaban J connectivity index is 2.04. The molecule has 102 valence electrons. The van der Waals surface area contributed by atoms with Crippen LogP contribution in [0.5, 0.6) is 0 Å². The van der Waals surface area contributed by atoms with Crippen LogP contribution in [0.15, 0.2) is 39.1 Å². The van der Waals surface area contributed by atoms with Crippen molar-refractivity contribution in [2.24, 2.45) is 7.05 Å². The molecule has 1 aromatic carbocycles. The van der Waals surface area contributed by atoms with Crippen LogP contribution in [-0.2, 0) is 13.6 Å². The molecule has 0 aliphatic rings. The Kier molecular flexibility index (Phi) is 5.42. The van der Waals surface area contributed by atoms with Gasteiger partial charge in [-0.25, -0.2) is 0 Å². The molecule has 4 nitrogen and oxygen atoms in total. The highest BCUT2D eigenvalue weighted by Crippen LogP contribution is 2.29. The Morgan fingerprint density at radius 1 is 1.42 bits per heavy atom. The Bertz CT molecular complexity index is 541. The molecule has 0 saturated heterocycles. The molecule has 2 rings (SSSR count). The first-order valence-corrected chi connectivity index (χ1v) is 7.82. The maximum atomic E-state index is 4.07. The number of hydrogen-bond acceptors (Lipinski definition) is 4. The van der Waals surface area contributed by atoms with E-state index in [2.05, 4.69) is 56.6 Å². The average molecular weight is 341 g/mol. The zero-order valence-electron chi connectivity index (χ0n) is 11.1. The number of rotatable bonds is 6. The van der Waals surface area contributed by atoms with Gasteiger partial charge in [-0.15, -0.1) is 10.2 Å². The summed E-state index contributed by atoms with van der Waals surface area (Å²) in [6.45, 7) is 4.11.